The summed E-state index contributed by atoms with van der Waals surface area (Å²) in [4.78, 5) is 0. The molecular formula is C10H18BrN3O. The monoisotopic (exact) mass is 275 g/mol. The summed E-state index contributed by atoms with van der Waals surface area (Å²) >= 11 is 3.35. The lowest BCUT2D eigenvalue weighted by atomic mass is 10.0. The maximum absolute atomic E-state index is 9.36. The second-order valence-corrected chi connectivity index (χ2v) is 4.92. The molecule has 0 radical (unpaired) electrons. The average molecular weight is 276 g/mol. The topological polar surface area (TPSA) is 50.1 Å². The van der Waals surface area contributed by atoms with Crippen LogP contribution >= 0.6 is 15.9 Å². The molecule has 1 atom stereocenters. The molecule has 0 spiro atoms. The molecule has 5 heteroatoms. The Kier molecular flexibility index (Phi) is 4.76. The molecule has 2 N–H and O–H groups in total. The summed E-state index contributed by atoms with van der Waals surface area (Å²) < 4.78 is 2.78. The van der Waals surface area contributed by atoms with Crippen molar-refractivity contribution in [2.75, 3.05) is 13.2 Å². The fourth-order valence-electron chi connectivity index (χ4n) is 1.37. The molecule has 1 rings (SSSR count). The number of nitrogens with one attached hydrogen (secondary N) is 1. The van der Waals surface area contributed by atoms with Gasteiger partial charge in [0.2, 0.25) is 0 Å². The zero-order valence-corrected chi connectivity index (χ0v) is 10.8. The minimum absolute atomic E-state index is 0.102. The van der Waals surface area contributed by atoms with E-state index in [1.54, 1.807) is 6.20 Å². The molecule has 0 aliphatic carbocycles. The first-order valence-corrected chi connectivity index (χ1v) is 5.93. The normalized spacial score (nSPS) is 15.2. The molecule has 0 saturated carbocycles. The Balaban J connectivity index is 2.59. The van der Waals surface area contributed by atoms with Crippen molar-refractivity contribution in [3.8, 4) is 0 Å². The Morgan fingerprint density at radius 1 is 1.67 bits per heavy atom. The molecule has 0 fully saturated rings. The molecule has 86 valence electrons. The summed E-state index contributed by atoms with van der Waals surface area (Å²) in [5.74, 6) is 0. The van der Waals surface area contributed by atoms with Crippen molar-refractivity contribution in [1.29, 1.82) is 0 Å². The van der Waals surface area contributed by atoms with Crippen molar-refractivity contribution >= 4 is 15.9 Å². The van der Waals surface area contributed by atoms with Crippen LogP contribution in [0.4, 0.5) is 0 Å². The Bertz CT molecular complexity index is 303. The summed E-state index contributed by atoms with van der Waals surface area (Å²) in [5, 5.41) is 16.9. The Morgan fingerprint density at radius 3 is 2.87 bits per heavy atom. The third-order valence-corrected chi connectivity index (χ3v) is 2.67. The molecular weight excluding hydrogens is 258 g/mol. The number of aliphatic hydroxyl groups is 1. The summed E-state index contributed by atoms with van der Waals surface area (Å²) in [6.45, 7) is 5.77. The SMILES string of the molecule is CCCNC(C)(CO)Cn1cc(Br)cn1. The highest BCUT2D eigenvalue weighted by atomic mass is 79.9. The molecule has 0 bridgehead atoms. The molecule has 0 aliphatic heterocycles. The first-order chi connectivity index (χ1) is 7.09. The second kappa shape index (κ2) is 5.63. The quantitative estimate of drug-likeness (QED) is 0.825. The van der Waals surface area contributed by atoms with Crippen LogP contribution in [-0.4, -0.2) is 33.6 Å². The minimum atomic E-state index is -0.304. The van der Waals surface area contributed by atoms with Crippen molar-refractivity contribution in [3.63, 3.8) is 0 Å². The van der Waals surface area contributed by atoms with Crippen LogP contribution in [0.1, 0.15) is 20.3 Å². The molecule has 0 aliphatic rings. The van der Waals surface area contributed by atoms with E-state index in [1.807, 2.05) is 17.8 Å². The van der Waals surface area contributed by atoms with Gasteiger partial charge in [-0.25, -0.2) is 0 Å². The maximum Gasteiger partial charge on any atom is 0.0632 e. The first kappa shape index (κ1) is 12.7. The van der Waals surface area contributed by atoms with Gasteiger partial charge in [0.15, 0.2) is 0 Å². The van der Waals surface area contributed by atoms with Crippen LogP contribution in [0.5, 0.6) is 0 Å². The van der Waals surface area contributed by atoms with Gasteiger partial charge in [0.25, 0.3) is 0 Å². The zero-order valence-electron chi connectivity index (χ0n) is 9.20. The number of aliphatic hydroxyl groups excluding tert-OH is 1. The molecule has 15 heavy (non-hydrogen) atoms. The highest BCUT2D eigenvalue weighted by Crippen LogP contribution is 2.11. The van der Waals surface area contributed by atoms with E-state index < -0.39 is 0 Å². The van der Waals surface area contributed by atoms with Gasteiger partial charge in [0, 0.05) is 6.20 Å². The fraction of sp³-hybridized carbons (Fsp3) is 0.700. The van der Waals surface area contributed by atoms with Crippen molar-refractivity contribution in [2.24, 2.45) is 0 Å². The number of nitrogens with zero attached hydrogens (tertiary/aromatic N) is 2. The van der Waals surface area contributed by atoms with Gasteiger partial charge >= 0.3 is 0 Å². The van der Waals surface area contributed by atoms with Crippen LogP contribution in [0.3, 0.4) is 0 Å². The van der Waals surface area contributed by atoms with Gasteiger partial charge in [-0.15, -0.1) is 0 Å². The number of hydrogen-bond donors (Lipinski definition) is 2. The van der Waals surface area contributed by atoms with Crippen LogP contribution in [0, 0.1) is 0 Å². The highest BCUT2D eigenvalue weighted by Gasteiger charge is 2.23. The van der Waals surface area contributed by atoms with Crippen LogP contribution in [0.25, 0.3) is 0 Å². The number of hydrogen-bond acceptors (Lipinski definition) is 3. The van der Waals surface area contributed by atoms with Gasteiger partial charge in [0.1, 0.15) is 0 Å². The lowest BCUT2D eigenvalue weighted by Gasteiger charge is -2.28. The molecule has 1 aromatic heterocycles. The predicted molar refractivity (Wildman–Crippen MR) is 63.7 cm³/mol. The first-order valence-electron chi connectivity index (χ1n) is 5.13. The molecule has 1 aromatic rings. The summed E-state index contributed by atoms with van der Waals surface area (Å²) in [6, 6.07) is 0. The van der Waals surface area contributed by atoms with E-state index in [9.17, 15) is 5.11 Å². The molecule has 1 unspecified atom stereocenters. The minimum Gasteiger partial charge on any atom is -0.394 e. The summed E-state index contributed by atoms with van der Waals surface area (Å²) in [5.41, 5.74) is -0.304. The van der Waals surface area contributed by atoms with E-state index in [2.05, 4.69) is 33.3 Å². The zero-order chi connectivity index (χ0) is 11.3. The molecule has 0 saturated heterocycles. The van der Waals surface area contributed by atoms with E-state index >= 15 is 0 Å². The highest BCUT2D eigenvalue weighted by molar-refractivity contribution is 9.10. The van der Waals surface area contributed by atoms with Crippen molar-refractivity contribution < 1.29 is 5.11 Å². The Hall–Kier alpha value is -0.390. The van der Waals surface area contributed by atoms with Crippen LogP contribution in [0.15, 0.2) is 16.9 Å². The van der Waals surface area contributed by atoms with Gasteiger partial charge in [-0.2, -0.15) is 5.10 Å². The van der Waals surface area contributed by atoms with E-state index in [0.717, 1.165) is 17.4 Å². The smallest absolute Gasteiger partial charge is 0.0632 e. The Morgan fingerprint density at radius 2 is 2.40 bits per heavy atom. The van der Waals surface area contributed by atoms with Crippen molar-refractivity contribution in [3.05, 3.63) is 16.9 Å². The van der Waals surface area contributed by atoms with Crippen molar-refractivity contribution in [1.82, 2.24) is 15.1 Å². The van der Waals surface area contributed by atoms with Crippen molar-refractivity contribution in [2.45, 2.75) is 32.4 Å². The van der Waals surface area contributed by atoms with Crippen LogP contribution in [-0.2, 0) is 6.54 Å². The number of rotatable bonds is 6. The van der Waals surface area contributed by atoms with E-state index in [-0.39, 0.29) is 12.1 Å². The summed E-state index contributed by atoms with van der Waals surface area (Å²) in [6.07, 6.45) is 4.71. The van der Waals surface area contributed by atoms with Gasteiger partial charge in [-0.3, -0.25) is 4.68 Å². The van der Waals surface area contributed by atoms with E-state index in [1.165, 1.54) is 0 Å². The largest absolute Gasteiger partial charge is 0.394 e. The Labute approximate surface area is 98.8 Å². The predicted octanol–water partition coefficient (Wildman–Crippen LogP) is 1.40. The third-order valence-electron chi connectivity index (χ3n) is 2.26. The second-order valence-electron chi connectivity index (χ2n) is 4.00. The van der Waals surface area contributed by atoms with Gasteiger partial charge < -0.3 is 10.4 Å². The number of aromatic nitrogens is 2. The average Bonchev–Trinajstić information content (AvgIpc) is 2.61. The standard InChI is InChI=1S/C10H18BrN3O/c1-3-4-12-10(2,8-15)7-14-6-9(11)5-13-14/h5-6,12,15H,3-4,7-8H2,1-2H3. The number of halogens is 1. The molecule has 0 amide bonds. The van der Waals surface area contributed by atoms with Gasteiger partial charge in [-0.05, 0) is 35.8 Å². The fourth-order valence-corrected chi connectivity index (χ4v) is 1.70. The molecule has 1 heterocycles. The van der Waals surface area contributed by atoms with E-state index in [4.69, 9.17) is 0 Å². The van der Waals surface area contributed by atoms with Crippen LogP contribution in [0.2, 0.25) is 0 Å². The maximum atomic E-state index is 9.36. The third kappa shape index (κ3) is 3.93. The van der Waals surface area contributed by atoms with Gasteiger partial charge in [-0.1, -0.05) is 6.92 Å². The lowest BCUT2D eigenvalue weighted by Crippen LogP contribution is -2.49. The lowest BCUT2D eigenvalue weighted by molar-refractivity contribution is 0.153. The summed E-state index contributed by atoms with van der Waals surface area (Å²) in [7, 11) is 0. The van der Waals surface area contributed by atoms with E-state index in [0.29, 0.717) is 6.54 Å². The molecule has 0 aromatic carbocycles. The molecule has 4 nitrogen and oxygen atoms in total. The van der Waals surface area contributed by atoms with Crippen LogP contribution < -0.4 is 5.32 Å². The van der Waals surface area contributed by atoms with Gasteiger partial charge in [0.05, 0.1) is 29.4 Å².